The maximum Gasteiger partial charge on any atom is 0.307 e. The number of ether oxygens (including phenoxy) is 1. The van der Waals surface area contributed by atoms with Crippen LogP contribution in [0.2, 0.25) is 0 Å². The summed E-state index contributed by atoms with van der Waals surface area (Å²) in [7, 11) is -3.21. The Balaban J connectivity index is 1.95. The standard InChI is InChI=1S/C12H12FN3O4S/c1-20-7-2-3-9-10(4-7)15-12(14-9)16-6-8(5-11(16)17)21(13,18)19/h2-4,8H,5-6H2,1H3,(H,14,15). The lowest BCUT2D eigenvalue weighted by Crippen LogP contribution is -2.27. The highest BCUT2D eigenvalue weighted by atomic mass is 32.3. The second-order valence-corrected chi connectivity index (χ2v) is 6.37. The summed E-state index contributed by atoms with van der Waals surface area (Å²) in [5, 5.41) is -1.34. The zero-order chi connectivity index (χ0) is 15.2. The van der Waals surface area contributed by atoms with E-state index in [4.69, 9.17) is 4.74 Å². The van der Waals surface area contributed by atoms with Crippen molar-refractivity contribution in [1.29, 1.82) is 0 Å². The summed E-state index contributed by atoms with van der Waals surface area (Å²) in [5.41, 5.74) is 1.24. The van der Waals surface area contributed by atoms with Crippen LogP contribution in [-0.4, -0.2) is 43.2 Å². The minimum Gasteiger partial charge on any atom is -0.497 e. The normalized spacial score (nSPS) is 19.4. The van der Waals surface area contributed by atoms with E-state index in [0.29, 0.717) is 16.8 Å². The van der Waals surface area contributed by atoms with E-state index in [0.717, 1.165) is 4.90 Å². The zero-order valence-corrected chi connectivity index (χ0v) is 11.9. The third kappa shape index (κ3) is 2.44. The first-order valence-corrected chi connectivity index (χ1v) is 7.61. The van der Waals surface area contributed by atoms with Crippen molar-refractivity contribution >= 4 is 33.1 Å². The molecule has 1 unspecified atom stereocenters. The van der Waals surface area contributed by atoms with Gasteiger partial charge in [-0.05, 0) is 12.1 Å². The molecule has 2 heterocycles. The van der Waals surface area contributed by atoms with E-state index < -0.39 is 21.4 Å². The number of carbonyl (C=O) groups excluding carboxylic acids is 1. The second-order valence-electron chi connectivity index (χ2n) is 4.75. The Labute approximate surface area is 119 Å². The number of hydrogen-bond donors (Lipinski definition) is 1. The first kappa shape index (κ1) is 13.8. The van der Waals surface area contributed by atoms with Crippen LogP contribution in [0.1, 0.15) is 6.42 Å². The number of benzene rings is 1. The van der Waals surface area contributed by atoms with Gasteiger partial charge in [0.15, 0.2) is 0 Å². The lowest BCUT2D eigenvalue weighted by molar-refractivity contribution is -0.117. The lowest BCUT2D eigenvalue weighted by Gasteiger charge is -2.11. The van der Waals surface area contributed by atoms with E-state index in [1.54, 1.807) is 18.2 Å². The lowest BCUT2D eigenvalue weighted by atomic mass is 10.3. The van der Waals surface area contributed by atoms with Crippen LogP contribution in [-0.2, 0) is 15.0 Å². The molecule has 0 saturated carbocycles. The molecule has 1 atom stereocenters. The van der Waals surface area contributed by atoms with Gasteiger partial charge in [0.1, 0.15) is 11.0 Å². The number of nitrogens with zero attached hydrogens (tertiary/aromatic N) is 2. The Kier molecular flexibility index (Phi) is 3.08. The quantitative estimate of drug-likeness (QED) is 0.853. The summed E-state index contributed by atoms with van der Waals surface area (Å²) in [4.78, 5) is 20.1. The van der Waals surface area contributed by atoms with Gasteiger partial charge in [-0.1, -0.05) is 0 Å². The van der Waals surface area contributed by atoms with E-state index in [1.165, 1.54) is 7.11 Å². The van der Waals surface area contributed by atoms with Crippen molar-refractivity contribution in [1.82, 2.24) is 9.97 Å². The highest BCUT2D eigenvalue weighted by Gasteiger charge is 2.40. The van der Waals surface area contributed by atoms with Crippen LogP contribution >= 0.6 is 0 Å². The van der Waals surface area contributed by atoms with Crippen molar-refractivity contribution in [3.8, 4) is 5.75 Å². The number of anilines is 1. The Morgan fingerprint density at radius 2 is 2.24 bits per heavy atom. The number of rotatable bonds is 3. The van der Waals surface area contributed by atoms with E-state index in [1.807, 2.05) is 0 Å². The number of imidazole rings is 1. The van der Waals surface area contributed by atoms with E-state index in [9.17, 15) is 17.1 Å². The summed E-state index contributed by atoms with van der Waals surface area (Å²) in [5.74, 6) is 0.344. The molecule has 9 heteroatoms. The summed E-state index contributed by atoms with van der Waals surface area (Å²) >= 11 is 0. The fourth-order valence-corrected chi connectivity index (χ4v) is 2.97. The average molecular weight is 313 g/mol. The zero-order valence-electron chi connectivity index (χ0n) is 11.0. The molecule has 1 aliphatic rings. The fourth-order valence-electron chi connectivity index (χ4n) is 2.30. The van der Waals surface area contributed by atoms with Crippen LogP contribution < -0.4 is 9.64 Å². The highest BCUT2D eigenvalue weighted by molar-refractivity contribution is 7.87. The monoisotopic (exact) mass is 313 g/mol. The summed E-state index contributed by atoms with van der Waals surface area (Å²) in [6.45, 7) is -0.241. The number of carbonyl (C=O) groups is 1. The summed E-state index contributed by atoms with van der Waals surface area (Å²) in [6.07, 6.45) is -0.376. The second kappa shape index (κ2) is 4.69. The van der Waals surface area contributed by atoms with Gasteiger partial charge in [0.25, 0.3) is 0 Å². The summed E-state index contributed by atoms with van der Waals surface area (Å²) < 4.78 is 39.9. The molecule has 1 fully saturated rings. The molecular weight excluding hydrogens is 301 g/mol. The van der Waals surface area contributed by atoms with Crippen molar-refractivity contribution in [2.45, 2.75) is 11.7 Å². The van der Waals surface area contributed by atoms with Gasteiger partial charge in [-0.3, -0.25) is 9.69 Å². The maximum absolute atomic E-state index is 13.0. The van der Waals surface area contributed by atoms with Gasteiger partial charge in [-0.15, -0.1) is 3.89 Å². The molecule has 0 radical (unpaired) electrons. The topological polar surface area (TPSA) is 92.4 Å². The number of nitrogens with one attached hydrogen (secondary N) is 1. The van der Waals surface area contributed by atoms with E-state index in [2.05, 4.69) is 9.97 Å². The average Bonchev–Trinajstić information content (AvgIpc) is 2.99. The molecule has 1 aromatic heterocycles. The fraction of sp³-hybridized carbons (Fsp3) is 0.333. The van der Waals surface area contributed by atoms with Crippen LogP contribution in [0.25, 0.3) is 11.0 Å². The predicted molar refractivity (Wildman–Crippen MR) is 73.4 cm³/mol. The SMILES string of the molecule is COc1ccc2nc(N3CC(S(=O)(=O)F)CC3=O)[nH]c2c1. The van der Waals surface area contributed by atoms with Crippen molar-refractivity contribution in [2.75, 3.05) is 18.6 Å². The van der Waals surface area contributed by atoms with Crippen molar-refractivity contribution in [3.05, 3.63) is 18.2 Å². The Morgan fingerprint density at radius 3 is 2.86 bits per heavy atom. The number of methoxy groups -OCH3 is 1. The minimum absolute atomic E-state index is 0.203. The molecule has 2 aromatic rings. The van der Waals surface area contributed by atoms with Crippen molar-refractivity contribution in [3.63, 3.8) is 0 Å². The van der Waals surface area contributed by atoms with Crippen LogP contribution in [0.5, 0.6) is 5.75 Å². The predicted octanol–water partition coefficient (Wildman–Crippen LogP) is 0.976. The number of fused-ring (bicyclic) bond motifs is 1. The van der Waals surface area contributed by atoms with Gasteiger partial charge in [0, 0.05) is 19.0 Å². The number of hydrogen-bond acceptors (Lipinski definition) is 5. The molecule has 1 amide bonds. The van der Waals surface area contributed by atoms with E-state index in [-0.39, 0.29) is 18.9 Å². The molecule has 3 rings (SSSR count). The number of amides is 1. The Hall–Kier alpha value is -2.16. The van der Waals surface area contributed by atoms with Crippen LogP contribution in [0.3, 0.4) is 0 Å². The van der Waals surface area contributed by atoms with Crippen molar-refractivity contribution in [2.24, 2.45) is 0 Å². The minimum atomic E-state index is -4.74. The van der Waals surface area contributed by atoms with Gasteiger partial charge in [0.2, 0.25) is 11.9 Å². The number of aromatic amines is 1. The highest BCUT2D eigenvalue weighted by Crippen LogP contribution is 2.27. The first-order chi connectivity index (χ1) is 9.88. The summed E-state index contributed by atoms with van der Waals surface area (Å²) in [6, 6.07) is 5.13. The van der Waals surface area contributed by atoms with Crippen LogP contribution in [0, 0.1) is 0 Å². The van der Waals surface area contributed by atoms with E-state index >= 15 is 0 Å². The third-order valence-electron chi connectivity index (χ3n) is 3.42. The first-order valence-electron chi connectivity index (χ1n) is 6.16. The molecule has 0 bridgehead atoms. The van der Waals surface area contributed by atoms with Gasteiger partial charge < -0.3 is 9.72 Å². The molecule has 0 spiro atoms. The molecule has 1 aromatic carbocycles. The third-order valence-corrected chi connectivity index (χ3v) is 4.53. The Bertz CT molecular complexity index is 817. The molecule has 1 aliphatic heterocycles. The van der Waals surface area contributed by atoms with Crippen LogP contribution in [0.4, 0.5) is 9.83 Å². The molecule has 1 N–H and O–H groups in total. The van der Waals surface area contributed by atoms with Gasteiger partial charge in [-0.25, -0.2) is 4.98 Å². The largest absolute Gasteiger partial charge is 0.497 e. The maximum atomic E-state index is 13.0. The smallest absolute Gasteiger partial charge is 0.307 e. The molecule has 1 saturated heterocycles. The number of aromatic nitrogens is 2. The Morgan fingerprint density at radius 1 is 1.48 bits per heavy atom. The van der Waals surface area contributed by atoms with Crippen LogP contribution in [0.15, 0.2) is 18.2 Å². The molecule has 0 aliphatic carbocycles. The number of H-pyrrole nitrogens is 1. The molecule has 21 heavy (non-hydrogen) atoms. The van der Waals surface area contributed by atoms with Gasteiger partial charge in [0.05, 0.1) is 18.1 Å². The van der Waals surface area contributed by atoms with Gasteiger partial charge >= 0.3 is 10.2 Å². The molecule has 112 valence electrons. The number of halogens is 1. The molecule has 7 nitrogen and oxygen atoms in total. The molecular formula is C12H12FN3O4S. The van der Waals surface area contributed by atoms with Crippen molar-refractivity contribution < 1.29 is 21.8 Å². The van der Waals surface area contributed by atoms with Gasteiger partial charge in [-0.2, -0.15) is 8.42 Å².